The Balaban J connectivity index is 1.65. The zero-order valence-corrected chi connectivity index (χ0v) is 15.8. The SMILES string of the molecule is [2H]C([2H])(OP1(=O)OCc2ccccc2O1)[C@]1(F)C[C@@H](O)[C@]([2H])(n2cc(C=O)c(=O)[nH]c2=O)O1. The van der Waals surface area contributed by atoms with Gasteiger partial charge >= 0.3 is 13.5 Å². The Morgan fingerprint density at radius 3 is 3.03 bits per heavy atom. The predicted molar refractivity (Wildman–Crippen MR) is 96.7 cm³/mol. The Labute approximate surface area is 171 Å². The summed E-state index contributed by atoms with van der Waals surface area (Å²) in [5.41, 5.74) is -2.60. The molecule has 2 N–H and O–H groups in total. The quantitative estimate of drug-likeness (QED) is 0.509. The van der Waals surface area contributed by atoms with Gasteiger partial charge in [-0.1, -0.05) is 18.2 Å². The van der Waals surface area contributed by atoms with Crippen molar-refractivity contribution in [3.05, 3.63) is 62.4 Å². The van der Waals surface area contributed by atoms with E-state index in [1.54, 1.807) is 23.2 Å². The molecule has 4 rings (SSSR count). The van der Waals surface area contributed by atoms with Crippen molar-refractivity contribution in [2.24, 2.45) is 0 Å². The van der Waals surface area contributed by atoms with Crippen LogP contribution >= 0.6 is 7.82 Å². The normalized spacial score (nSPS) is 34.9. The third-order valence-electron chi connectivity index (χ3n) is 4.21. The fourth-order valence-corrected chi connectivity index (χ4v) is 3.90. The van der Waals surface area contributed by atoms with Crippen LogP contribution < -0.4 is 15.8 Å². The van der Waals surface area contributed by atoms with Crippen LogP contribution in [0.3, 0.4) is 0 Å². The molecule has 0 amide bonds. The highest BCUT2D eigenvalue weighted by atomic mass is 31.2. The lowest BCUT2D eigenvalue weighted by atomic mass is 10.2. The van der Waals surface area contributed by atoms with Crippen molar-refractivity contribution in [1.29, 1.82) is 0 Å². The summed E-state index contributed by atoms with van der Waals surface area (Å²) in [7, 11) is -4.72. The minimum atomic E-state index is -4.72. The Kier molecular flexibility index (Phi) is 4.31. The standard InChI is InChI=1S/C17H16FN2O9P/c18-17(9-27-30(25)26-8-10-3-1-2-4-13(10)29-30)5-12(22)15(28-17)20-6-11(7-21)14(23)19-16(20)24/h1-4,6-7,12,15,22H,5,8-9H2,(H,19,23,24)/t12-,15-,17+,30?/m1/s1/i9D2,15D. The maximum Gasteiger partial charge on any atom is 0.530 e. The summed E-state index contributed by atoms with van der Waals surface area (Å²) >= 11 is 0. The van der Waals surface area contributed by atoms with Gasteiger partial charge in [-0.05, 0) is 6.07 Å². The minimum Gasteiger partial charge on any atom is -0.404 e. The molecule has 3 heterocycles. The summed E-state index contributed by atoms with van der Waals surface area (Å²) in [5.74, 6) is -3.59. The number of aromatic nitrogens is 2. The van der Waals surface area contributed by atoms with Gasteiger partial charge in [0.15, 0.2) is 12.5 Å². The number of halogens is 1. The molecule has 0 saturated carbocycles. The molecule has 1 aromatic heterocycles. The van der Waals surface area contributed by atoms with Gasteiger partial charge in [0.2, 0.25) is 5.85 Å². The molecule has 11 nitrogen and oxygen atoms in total. The monoisotopic (exact) mass is 445 g/mol. The lowest BCUT2D eigenvalue weighted by Gasteiger charge is -2.27. The van der Waals surface area contributed by atoms with Crippen LogP contribution in [0.1, 0.15) is 32.7 Å². The van der Waals surface area contributed by atoms with Crippen molar-refractivity contribution < 1.29 is 41.3 Å². The van der Waals surface area contributed by atoms with Gasteiger partial charge in [0.25, 0.3) is 5.56 Å². The van der Waals surface area contributed by atoms with E-state index in [1.165, 1.54) is 6.07 Å². The average Bonchev–Trinajstić information content (AvgIpc) is 2.97. The Bertz CT molecular complexity index is 1290. The number of phosphoric acid groups is 1. The second-order valence-corrected chi connectivity index (χ2v) is 7.85. The van der Waals surface area contributed by atoms with Gasteiger partial charge in [0.05, 0.1) is 16.3 Å². The van der Waals surface area contributed by atoms with Crippen LogP contribution in [-0.2, 0) is 25.0 Å². The molecule has 1 saturated heterocycles. The van der Waals surface area contributed by atoms with Crippen LogP contribution in [0.2, 0.25) is 0 Å². The lowest BCUT2D eigenvalue weighted by molar-refractivity contribution is -0.179. The molecule has 0 spiro atoms. The molecule has 2 aliphatic rings. The molecule has 0 radical (unpaired) electrons. The van der Waals surface area contributed by atoms with Crippen molar-refractivity contribution in [2.45, 2.75) is 31.2 Å². The number of fused-ring (bicyclic) bond motifs is 1. The van der Waals surface area contributed by atoms with E-state index in [-0.39, 0.29) is 23.2 Å². The molecule has 0 aliphatic carbocycles. The number of aldehydes is 1. The summed E-state index contributed by atoms with van der Waals surface area (Å²) in [6.07, 6.45) is -5.88. The van der Waals surface area contributed by atoms with Crippen LogP contribution in [0, 0.1) is 0 Å². The first kappa shape index (κ1) is 17.1. The van der Waals surface area contributed by atoms with Crippen molar-refractivity contribution >= 4 is 14.1 Å². The molecule has 13 heteroatoms. The van der Waals surface area contributed by atoms with Crippen LogP contribution in [-0.4, -0.2) is 39.5 Å². The molecule has 1 aromatic carbocycles. The third-order valence-corrected chi connectivity index (χ3v) is 5.39. The van der Waals surface area contributed by atoms with Crippen molar-refractivity contribution in [3.8, 4) is 5.75 Å². The van der Waals surface area contributed by atoms with E-state index in [4.69, 9.17) is 22.4 Å². The number of carbonyl (C=O) groups excluding carboxylic acids is 1. The second-order valence-electron chi connectivity index (χ2n) is 6.33. The number of rotatable bonds is 5. The van der Waals surface area contributed by atoms with Gasteiger partial charge < -0.3 is 14.4 Å². The highest BCUT2D eigenvalue weighted by molar-refractivity contribution is 7.49. The molecule has 1 fully saturated rings. The number of aliphatic hydroxyl groups is 1. The predicted octanol–water partition coefficient (Wildman–Crippen LogP) is 1.03. The number of H-pyrrole nitrogens is 1. The summed E-state index contributed by atoms with van der Waals surface area (Å²) in [6, 6.07) is 6.19. The average molecular weight is 445 g/mol. The molecular formula is C17H16FN2O9P. The number of alkyl halides is 1. The van der Waals surface area contributed by atoms with Gasteiger partial charge in [-0.3, -0.25) is 28.2 Å². The number of ether oxygens (including phenoxy) is 1. The van der Waals surface area contributed by atoms with Gasteiger partial charge in [0, 0.05) is 18.2 Å². The smallest absolute Gasteiger partial charge is 0.404 e. The van der Waals surface area contributed by atoms with Crippen LogP contribution in [0.25, 0.3) is 0 Å². The Morgan fingerprint density at radius 2 is 2.27 bits per heavy atom. The van der Waals surface area contributed by atoms with Gasteiger partial charge in [-0.25, -0.2) is 13.8 Å². The number of benzene rings is 1. The van der Waals surface area contributed by atoms with E-state index in [1.807, 2.05) is 0 Å². The van der Waals surface area contributed by atoms with Crippen LogP contribution in [0.15, 0.2) is 40.1 Å². The summed E-state index contributed by atoms with van der Waals surface area (Å²) < 4.78 is 72.5. The van der Waals surface area contributed by atoms with E-state index < -0.39 is 55.8 Å². The number of hydrogen-bond acceptors (Lipinski definition) is 9. The second kappa shape index (κ2) is 7.56. The minimum absolute atomic E-state index is 0.0474. The lowest BCUT2D eigenvalue weighted by Crippen LogP contribution is -2.37. The zero-order valence-electron chi connectivity index (χ0n) is 17.9. The Morgan fingerprint density at radius 1 is 1.50 bits per heavy atom. The van der Waals surface area contributed by atoms with Crippen molar-refractivity contribution in [2.75, 3.05) is 6.56 Å². The number of hydrogen-bond donors (Lipinski definition) is 2. The fraction of sp³-hybridized carbons (Fsp3) is 0.353. The number of carbonyl (C=O) groups is 1. The van der Waals surface area contributed by atoms with Crippen molar-refractivity contribution in [1.82, 2.24) is 9.55 Å². The fourth-order valence-electron chi connectivity index (χ4n) is 2.79. The van der Waals surface area contributed by atoms with E-state index in [2.05, 4.69) is 0 Å². The van der Waals surface area contributed by atoms with E-state index in [0.29, 0.717) is 11.8 Å². The van der Waals surface area contributed by atoms with Gasteiger partial charge in [-0.15, -0.1) is 0 Å². The van der Waals surface area contributed by atoms with Crippen LogP contribution in [0.5, 0.6) is 5.75 Å². The number of aromatic amines is 1. The van der Waals surface area contributed by atoms with Gasteiger partial charge in [0.1, 0.15) is 18.4 Å². The molecule has 2 aromatic rings. The first-order chi connectivity index (χ1) is 15.3. The topological polar surface area (TPSA) is 146 Å². The molecule has 4 atom stereocenters. The zero-order chi connectivity index (χ0) is 24.2. The number of para-hydroxylation sites is 1. The molecular weight excluding hydrogens is 426 g/mol. The maximum atomic E-state index is 15.6. The largest absolute Gasteiger partial charge is 0.530 e. The first-order valence-electron chi connectivity index (χ1n) is 9.94. The van der Waals surface area contributed by atoms with Crippen LogP contribution in [0.4, 0.5) is 4.39 Å². The van der Waals surface area contributed by atoms with E-state index in [0.717, 1.165) is 0 Å². The summed E-state index contributed by atoms with van der Waals surface area (Å²) in [5, 5.41) is 10.3. The first-order valence-corrected chi connectivity index (χ1v) is 9.90. The summed E-state index contributed by atoms with van der Waals surface area (Å²) in [6.45, 7) is -3.92. The number of aliphatic hydroxyl groups excluding tert-OH is 1. The highest BCUT2D eigenvalue weighted by Crippen LogP contribution is 2.55. The molecule has 0 bridgehead atoms. The van der Waals surface area contributed by atoms with E-state index in [9.17, 15) is 24.1 Å². The highest BCUT2D eigenvalue weighted by Gasteiger charge is 2.50. The maximum absolute atomic E-state index is 15.6. The number of nitrogens with zero attached hydrogens (tertiary/aromatic N) is 1. The van der Waals surface area contributed by atoms with Crippen molar-refractivity contribution in [3.63, 3.8) is 0 Å². The third kappa shape index (κ3) is 3.87. The van der Waals surface area contributed by atoms with Gasteiger partial charge in [-0.2, -0.15) is 0 Å². The molecule has 1 unspecified atom stereocenters. The summed E-state index contributed by atoms with van der Waals surface area (Å²) in [4.78, 5) is 36.4. The molecule has 2 aliphatic heterocycles. The number of phosphoric ester groups is 1. The van der Waals surface area contributed by atoms with E-state index >= 15 is 4.39 Å². The number of nitrogens with one attached hydrogen (secondary N) is 1. The molecule has 30 heavy (non-hydrogen) atoms. The molecule has 160 valence electrons. The Hall–Kier alpha value is -2.63.